The molecule has 126 valence electrons. The van der Waals surface area contributed by atoms with Gasteiger partial charge in [0.15, 0.2) is 0 Å². The minimum absolute atomic E-state index is 0.0830. The highest BCUT2D eigenvalue weighted by Gasteiger charge is 2.30. The van der Waals surface area contributed by atoms with Crippen LogP contribution in [-0.2, 0) is 15.8 Å². The molecule has 2 rings (SSSR count). The van der Waals surface area contributed by atoms with Crippen LogP contribution >= 0.6 is 0 Å². The fraction of sp³-hybridized carbons (Fsp3) is 0.133. The highest BCUT2D eigenvalue weighted by atomic mass is 32.2. The van der Waals surface area contributed by atoms with E-state index in [2.05, 4.69) is 4.72 Å². The van der Waals surface area contributed by atoms with Crippen molar-refractivity contribution in [3.8, 4) is 0 Å². The van der Waals surface area contributed by atoms with Crippen molar-refractivity contribution in [1.29, 1.82) is 0 Å². The number of rotatable bonds is 7. The third-order valence-electron chi connectivity index (χ3n) is 3.30. The number of hydrogen-bond acceptors (Lipinski definition) is 5. The smallest absolute Gasteiger partial charge is 0.475 e. The zero-order chi connectivity index (χ0) is 17.7. The predicted octanol–water partition coefficient (Wildman–Crippen LogP) is 0.557. The van der Waals surface area contributed by atoms with Crippen molar-refractivity contribution in [2.75, 3.05) is 0 Å². The Kier molecular flexibility index (Phi) is 5.73. The van der Waals surface area contributed by atoms with Crippen LogP contribution in [0.4, 0.5) is 0 Å². The fourth-order valence-electron chi connectivity index (χ4n) is 2.19. The number of aromatic carboxylic acids is 1. The molecule has 0 spiro atoms. The minimum Gasteiger partial charge on any atom is -0.478 e. The molecule has 0 saturated heterocycles. The summed E-state index contributed by atoms with van der Waals surface area (Å²) in [6.07, 6.45) is 0. The topological polar surface area (TPSA) is 124 Å². The summed E-state index contributed by atoms with van der Waals surface area (Å²) in [5.74, 6) is -2.91. The first kappa shape index (κ1) is 18.1. The van der Waals surface area contributed by atoms with Crippen molar-refractivity contribution < 1.29 is 28.4 Å². The van der Waals surface area contributed by atoms with Gasteiger partial charge in [-0.05, 0) is 23.3 Å². The van der Waals surface area contributed by atoms with Gasteiger partial charge in [-0.3, -0.25) is 0 Å². The molecular formula is C15H16BNO6S. The summed E-state index contributed by atoms with van der Waals surface area (Å²) in [6.45, 7) is 0. The van der Waals surface area contributed by atoms with Gasteiger partial charge in [-0.1, -0.05) is 42.5 Å². The SMILES string of the molecule is O=C(O)c1cccc(C(NS(=O)(=O)Cc2ccccc2)B(O)O)c1. The maximum absolute atomic E-state index is 12.3. The van der Waals surface area contributed by atoms with Crippen LogP contribution in [-0.4, -0.2) is 36.7 Å². The van der Waals surface area contributed by atoms with Crippen molar-refractivity contribution in [1.82, 2.24) is 4.72 Å². The Balaban J connectivity index is 2.25. The van der Waals surface area contributed by atoms with E-state index in [0.717, 1.165) is 0 Å². The molecule has 2 aromatic carbocycles. The highest BCUT2D eigenvalue weighted by Crippen LogP contribution is 2.18. The molecule has 0 aromatic heterocycles. The van der Waals surface area contributed by atoms with Gasteiger partial charge >= 0.3 is 13.1 Å². The van der Waals surface area contributed by atoms with Crippen LogP contribution in [0.15, 0.2) is 54.6 Å². The lowest BCUT2D eigenvalue weighted by molar-refractivity contribution is 0.0696. The summed E-state index contributed by atoms with van der Waals surface area (Å²) >= 11 is 0. The second-order valence-electron chi connectivity index (χ2n) is 5.18. The van der Waals surface area contributed by atoms with Gasteiger partial charge < -0.3 is 15.2 Å². The first-order chi connectivity index (χ1) is 11.3. The second-order valence-corrected chi connectivity index (χ2v) is 6.94. The van der Waals surface area contributed by atoms with Gasteiger partial charge in [-0.2, -0.15) is 0 Å². The lowest BCUT2D eigenvalue weighted by Crippen LogP contribution is -2.39. The molecule has 0 aliphatic rings. The maximum atomic E-state index is 12.3. The van der Waals surface area contributed by atoms with Crippen molar-refractivity contribution in [3.05, 3.63) is 71.3 Å². The monoisotopic (exact) mass is 349 g/mol. The van der Waals surface area contributed by atoms with Crippen molar-refractivity contribution in [3.63, 3.8) is 0 Å². The fourth-order valence-corrected chi connectivity index (χ4v) is 3.55. The number of benzene rings is 2. The first-order valence-electron chi connectivity index (χ1n) is 7.02. The molecule has 24 heavy (non-hydrogen) atoms. The summed E-state index contributed by atoms with van der Waals surface area (Å²) in [5, 5.41) is 28.0. The predicted molar refractivity (Wildman–Crippen MR) is 88.5 cm³/mol. The van der Waals surface area contributed by atoms with Crippen LogP contribution in [0, 0.1) is 0 Å². The normalized spacial score (nSPS) is 12.6. The van der Waals surface area contributed by atoms with Crippen LogP contribution in [0.3, 0.4) is 0 Å². The lowest BCUT2D eigenvalue weighted by Gasteiger charge is -2.18. The van der Waals surface area contributed by atoms with Gasteiger partial charge in [0.2, 0.25) is 10.0 Å². The first-order valence-corrected chi connectivity index (χ1v) is 8.67. The molecule has 0 heterocycles. The molecule has 0 aliphatic carbocycles. The van der Waals surface area contributed by atoms with Crippen molar-refractivity contribution in [2.24, 2.45) is 0 Å². The summed E-state index contributed by atoms with van der Waals surface area (Å²) in [4.78, 5) is 11.0. The lowest BCUT2D eigenvalue weighted by atomic mass is 9.75. The Morgan fingerprint density at radius 1 is 1.08 bits per heavy atom. The molecule has 2 aromatic rings. The van der Waals surface area contributed by atoms with Gasteiger partial charge in [0.05, 0.1) is 17.3 Å². The van der Waals surface area contributed by atoms with E-state index in [1.54, 1.807) is 30.3 Å². The molecule has 9 heteroatoms. The quantitative estimate of drug-likeness (QED) is 0.542. The summed E-state index contributed by atoms with van der Waals surface area (Å²) < 4.78 is 26.7. The van der Waals surface area contributed by atoms with E-state index in [-0.39, 0.29) is 16.9 Å². The molecule has 0 radical (unpaired) electrons. The number of carboxylic acid groups (broad SMARTS) is 1. The van der Waals surface area contributed by atoms with Crippen molar-refractivity contribution >= 4 is 23.1 Å². The number of carboxylic acids is 1. The molecule has 7 nitrogen and oxygen atoms in total. The van der Waals surface area contributed by atoms with Crippen LogP contribution in [0.1, 0.15) is 27.4 Å². The molecule has 4 N–H and O–H groups in total. The van der Waals surface area contributed by atoms with Gasteiger partial charge in [-0.25, -0.2) is 17.9 Å². The standard InChI is InChI=1S/C15H16BNO6S/c18-15(19)13-8-4-7-12(9-13)14(16(20)21)17-24(22,23)10-11-5-2-1-3-6-11/h1-9,14,17,20-21H,10H2,(H,18,19). The van der Waals surface area contributed by atoms with E-state index in [1.165, 1.54) is 24.3 Å². The largest absolute Gasteiger partial charge is 0.478 e. The third-order valence-corrected chi connectivity index (χ3v) is 4.62. The average molecular weight is 349 g/mol. The molecule has 0 aliphatic heterocycles. The Morgan fingerprint density at radius 3 is 2.33 bits per heavy atom. The maximum Gasteiger partial charge on any atom is 0.475 e. The molecule has 1 atom stereocenters. The Labute approximate surface area is 139 Å². The summed E-state index contributed by atoms with van der Waals surface area (Å²) in [6, 6.07) is 13.7. The summed E-state index contributed by atoms with van der Waals surface area (Å²) in [5.41, 5.74) is 0.595. The number of nitrogens with one attached hydrogen (secondary N) is 1. The summed E-state index contributed by atoms with van der Waals surface area (Å²) in [7, 11) is -5.91. The minimum atomic E-state index is -3.88. The highest BCUT2D eigenvalue weighted by molar-refractivity contribution is 7.88. The van der Waals surface area contributed by atoms with Crippen LogP contribution in [0.25, 0.3) is 0 Å². The Morgan fingerprint density at radius 2 is 1.75 bits per heavy atom. The van der Waals surface area contributed by atoms with Gasteiger partial charge in [0, 0.05) is 0 Å². The van der Waals surface area contributed by atoms with Crippen LogP contribution in [0.2, 0.25) is 0 Å². The van der Waals surface area contributed by atoms with E-state index >= 15 is 0 Å². The Hall–Kier alpha value is -2.20. The van der Waals surface area contributed by atoms with E-state index < -0.39 is 29.1 Å². The van der Waals surface area contributed by atoms with E-state index in [4.69, 9.17) is 5.11 Å². The van der Waals surface area contributed by atoms with E-state index in [1.807, 2.05) is 0 Å². The molecule has 0 amide bonds. The molecule has 0 saturated carbocycles. The third kappa shape index (κ3) is 4.90. The Bertz CT molecular complexity index is 810. The van der Waals surface area contributed by atoms with E-state index in [0.29, 0.717) is 5.56 Å². The van der Waals surface area contributed by atoms with Gasteiger partial charge in [0.25, 0.3) is 0 Å². The van der Waals surface area contributed by atoms with E-state index in [9.17, 15) is 23.3 Å². The zero-order valence-electron chi connectivity index (χ0n) is 12.5. The van der Waals surface area contributed by atoms with Gasteiger partial charge in [-0.15, -0.1) is 0 Å². The molecule has 0 bridgehead atoms. The van der Waals surface area contributed by atoms with Gasteiger partial charge in [0.1, 0.15) is 0 Å². The van der Waals surface area contributed by atoms with Crippen LogP contribution in [0.5, 0.6) is 0 Å². The number of hydrogen-bond donors (Lipinski definition) is 4. The molecule has 0 fully saturated rings. The van der Waals surface area contributed by atoms with Crippen molar-refractivity contribution in [2.45, 2.75) is 11.7 Å². The number of sulfonamides is 1. The zero-order valence-corrected chi connectivity index (χ0v) is 13.3. The average Bonchev–Trinajstić information content (AvgIpc) is 2.53. The second kappa shape index (κ2) is 7.58. The van der Waals surface area contributed by atoms with Crippen LogP contribution < -0.4 is 4.72 Å². The number of carbonyl (C=O) groups is 1. The molecular weight excluding hydrogens is 333 g/mol. The molecule has 1 unspecified atom stereocenters.